The van der Waals surface area contributed by atoms with Gasteiger partial charge in [-0.2, -0.15) is 0 Å². The molecule has 4 aromatic carbocycles. The molecule has 190 valence electrons. The van der Waals surface area contributed by atoms with Gasteiger partial charge in [0.1, 0.15) is 5.69 Å². The number of anilines is 1. The fourth-order valence-electron chi connectivity index (χ4n) is 6.80. The summed E-state index contributed by atoms with van der Waals surface area (Å²) < 4.78 is 0.921. The fourth-order valence-corrected chi connectivity index (χ4v) is 7.06. The van der Waals surface area contributed by atoms with Gasteiger partial charge in [0.15, 0.2) is 0 Å². The van der Waals surface area contributed by atoms with Crippen LogP contribution in [0.25, 0.3) is 0 Å². The molecule has 4 aromatic rings. The van der Waals surface area contributed by atoms with Gasteiger partial charge in [-0.3, -0.25) is 24.7 Å². The molecule has 0 radical (unpaired) electrons. The maximum atomic E-state index is 14.4. The predicted molar refractivity (Wildman–Crippen MR) is 150 cm³/mol. The van der Waals surface area contributed by atoms with Crippen LogP contribution in [0.5, 0.6) is 0 Å². The van der Waals surface area contributed by atoms with Crippen LogP contribution in [0.15, 0.2) is 107 Å². The average Bonchev–Trinajstić information content (AvgIpc) is 3.23. The summed E-state index contributed by atoms with van der Waals surface area (Å²) >= 11 is 3.46. The van der Waals surface area contributed by atoms with Crippen molar-refractivity contribution in [3.63, 3.8) is 0 Å². The molecule has 2 amide bonds. The third kappa shape index (κ3) is 3.18. The van der Waals surface area contributed by atoms with Crippen LogP contribution in [-0.2, 0) is 15.0 Å². The quantitative estimate of drug-likeness (QED) is 0.123. The smallest absolute Gasteiger partial charge is 0.274 e. The third-order valence-corrected chi connectivity index (χ3v) is 8.78. The Labute approximate surface area is 232 Å². The molecule has 39 heavy (non-hydrogen) atoms. The van der Waals surface area contributed by atoms with Gasteiger partial charge in [-0.25, -0.2) is 4.90 Å². The van der Waals surface area contributed by atoms with Crippen LogP contribution >= 0.6 is 15.9 Å². The summed E-state index contributed by atoms with van der Waals surface area (Å²) in [7, 11) is 0. The van der Waals surface area contributed by atoms with Gasteiger partial charge in [0.05, 0.1) is 27.9 Å². The molecule has 0 saturated carbocycles. The average molecular weight is 578 g/mol. The molecule has 1 heterocycles. The number of halogens is 1. The third-order valence-electron chi connectivity index (χ3n) is 8.25. The lowest BCUT2D eigenvalue weighted by molar-refractivity contribution is -0.384. The van der Waals surface area contributed by atoms with Gasteiger partial charge in [0.25, 0.3) is 5.69 Å². The van der Waals surface area contributed by atoms with E-state index in [1.54, 1.807) is 6.07 Å². The summed E-state index contributed by atoms with van der Waals surface area (Å²) in [5.74, 6) is -2.75. The van der Waals surface area contributed by atoms with Crippen molar-refractivity contribution < 1.29 is 14.5 Å². The van der Waals surface area contributed by atoms with Crippen LogP contribution in [0.2, 0.25) is 0 Å². The Bertz CT molecular complexity index is 1680. The van der Waals surface area contributed by atoms with Gasteiger partial charge in [-0.1, -0.05) is 76.6 Å². The van der Waals surface area contributed by atoms with Gasteiger partial charge in [-0.05, 0) is 52.6 Å². The maximum absolute atomic E-state index is 14.4. The molecular formula is C31H20BrN3O4. The zero-order valence-corrected chi connectivity index (χ0v) is 22.0. The second-order valence-electron chi connectivity index (χ2n) is 10.0. The van der Waals surface area contributed by atoms with Gasteiger partial charge < -0.3 is 0 Å². The second kappa shape index (κ2) is 8.54. The minimum atomic E-state index is -1.04. The molecule has 0 aromatic heterocycles. The fraction of sp³-hybridized carbons (Fsp3) is 0.129. The van der Waals surface area contributed by atoms with Crippen LogP contribution in [0, 0.1) is 22.0 Å². The first kappa shape index (κ1) is 23.7. The van der Waals surface area contributed by atoms with Crippen molar-refractivity contribution in [3.05, 3.63) is 134 Å². The van der Waals surface area contributed by atoms with Crippen molar-refractivity contribution in [2.24, 2.45) is 16.8 Å². The van der Waals surface area contributed by atoms with Gasteiger partial charge in [0, 0.05) is 22.7 Å². The van der Waals surface area contributed by atoms with E-state index in [1.807, 2.05) is 79.0 Å². The van der Waals surface area contributed by atoms with Crippen molar-refractivity contribution in [2.75, 3.05) is 4.90 Å². The number of hydrogen-bond donors (Lipinski definition) is 0. The monoisotopic (exact) mass is 577 g/mol. The molecule has 0 spiro atoms. The lowest BCUT2D eigenvalue weighted by Crippen LogP contribution is -2.54. The van der Waals surface area contributed by atoms with E-state index in [0.29, 0.717) is 5.69 Å². The first-order valence-corrected chi connectivity index (χ1v) is 13.3. The Morgan fingerprint density at radius 3 is 2.05 bits per heavy atom. The number of aliphatic imine (C=N–C) groups is 1. The predicted octanol–water partition coefficient (Wildman–Crippen LogP) is 6.31. The molecule has 2 bridgehead atoms. The Morgan fingerprint density at radius 1 is 0.821 bits per heavy atom. The zero-order valence-electron chi connectivity index (χ0n) is 20.4. The molecule has 8 heteroatoms. The largest absolute Gasteiger partial charge is 0.293 e. The molecule has 0 N–H and O–H groups in total. The van der Waals surface area contributed by atoms with E-state index in [2.05, 4.69) is 15.9 Å². The lowest BCUT2D eigenvalue weighted by Gasteiger charge is -2.52. The number of nitrogens with zero attached hydrogens (tertiary/aromatic N) is 3. The summed E-state index contributed by atoms with van der Waals surface area (Å²) in [5.41, 5.74) is 3.21. The molecular weight excluding hydrogens is 558 g/mol. The summed E-state index contributed by atoms with van der Waals surface area (Å²) in [6.07, 6.45) is 1.81. The molecule has 1 fully saturated rings. The van der Waals surface area contributed by atoms with Crippen LogP contribution in [0.3, 0.4) is 0 Å². The number of nitro benzene ring substituents is 1. The Morgan fingerprint density at radius 2 is 1.41 bits per heavy atom. The minimum Gasteiger partial charge on any atom is -0.274 e. The molecule has 8 rings (SSSR count). The molecule has 0 unspecified atom stereocenters. The zero-order chi connectivity index (χ0) is 26.9. The number of carbonyl (C=O) groups is 2. The Kier molecular flexibility index (Phi) is 5.18. The first-order chi connectivity index (χ1) is 18.9. The number of imide groups is 1. The van der Waals surface area contributed by atoms with E-state index in [-0.39, 0.29) is 17.3 Å². The lowest BCUT2D eigenvalue weighted by atomic mass is 9.47. The van der Waals surface area contributed by atoms with E-state index in [0.717, 1.165) is 31.6 Å². The topological polar surface area (TPSA) is 92.9 Å². The van der Waals surface area contributed by atoms with Crippen LogP contribution in [0.4, 0.5) is 17.1 Å². The van der Waals surface area contributed by atoms with Crippen molar-refractivity contribution >= 4 is 51.0 Å². The Balaban J connectivity index is 1.50. The molecule has 1 aliphatic heterocycles. The van der Waals surface area contributed by atoms with Gasteiger partial charge in [0.2, 0.25) is 11.8 Å². The highest BCUT2D eigenvalue weighted by atomic mass is 79.9. The highest BCUT2D eigenvalue weighted by Gasteiger charge is 2.68. The number of benzene rings is 4. The van der Waals surface area contributed by atoms with Crippen LogP contribution in [-0.4, -0.2) is 23.0 Å². The molecule has 7 nitrogen and oxygen atoms in total. The normalized spacial score (nSPS) is 24.5. The van der Waals surface area contributed by atoms with Gasteiger partial charge in [-0.15, -0.1) is 0 Å². The van der Waals surface area contributed by atoms with Crippen molar-refractivity contribution in [3.8, 4) is 0 Å². The molecule has 1 saturated heterocycles. The van der Waals surface area contributed by atoms with Gasteiger partial charge >= 0.3 is 0 Å². The Hall–Kier alpha value is -4.43. The van der Waals surface area contributed by atoms with E-state index in [1.165, 1.54) is 18.2 Å². The maximum Gasteiger partial charge on any atom is 0.293 e. The van der Waals surface area contributed by atoms with Crippen molar-refractivity contribution in [2.45, 2.75) is 11.3 Å². The molecule has 4 aliphatic rings. The molecule has 2 atom stereocenters. The number of para-hydroxylation sites is 2. The first-order valence-electron chi connectivity index (χ1n) is 12.5. The van der Waals surface area contributed by atoms with E-state index in [9.17, 15) is 19.7 Å². The summed E-state index contributed by atoms with van der Waals surface area (Å²) in [5, 5.41) is 11.9. The highest BCUT2D eigenvalue weighted by molar-refractivity contribution is 9.10. The second-order valence-corrected chi connectivity index (χ2v) is 10.9. The number of rotatable bonds is 4. The summed E-state index contributed by atoms with van der Waals surface area (Å²) in [4.78, 5) is 45.9. The number of nitro groups is 1. The van der Waals surface area contributed by atoms with E-state index >= 15 is 0 Å². The SMILES string of the molecule is O=C1[C@@H]2C3c4ccccc4C(C=Nc4ccc(Br)cc4)(c4ccccc43)[C@@H]2C(=O)N1c1ccccc1[N+](=O)[O-]. The molecule has 3 aliphatic carbocycles. The number of carbonyl (C=O) groups excluding carboxylic acids is 2. The van der Waals surface area contributed by atoms with Crippen LogP contribution in [0.1, 0.15) is 28.2 Å². The number of hydrogen-bond acceptors (Lipinski definition) is 5. The highest BCUT2D eigenvalue weighted by Crippen LogP contribution is 2.64. The van der Waals surface area contributed by atoms with E-state index in [4.69, 9.17) is 4.99 Å². The summed E-state index contributed by atoms with van der Waals surface area (Å²) in [6.45, 7) is 0. The van der Waals surface area contributed by atoms with Crippen molar-refractivity contribution in [1.82, 2.24) is 0 Å². The number of amides is 2. The summed E-state index contributed by atoms with van der Waals surface area (Å²) in [6, 6.07) is 29.3. The van der Waals surface area contributed by atoms with E-state index < -0.39 is 34.0 Å². The van der Waals surface area contributed by atoms with Crippen LogP contribution < -0.4 is 4.90 Å². The van der Waals surface area contributed by atoms with Crippen molar-refractivity contribution in [1.29, 1.82) is 0 Å². The standard InChI is InChI=1S/C31H20BrN3O4/c32-18-13-15-19(16-14-18)33-17-31-22-9-3-1-7-20(22)26(21-8-2-4-10-23(21)31)27-28(31)30(37)34(29(27)36)24-11-5-6-12-25(24)35(38)39/h1-17,26-28H/t26?,27-,28+,31?/m1/s1. The minimum absolute atomic E-state index is 0.000546.